The molecule has 14 heteroatoms. The van der Waals surface area contributed by atoms with Crippen LogP contribution in [-0.2, 0) is 26.9 Å². The van der Waals surface area contributed by atoms with Crippen LogP contribution in [-0.4, -0.2) is 69.8 Å². The van der Waals surface area contributed by atoms with Crippen molar-refractivity contribution in [2.75, 3.05) is 0 Å². The highest BCUT2D eigenvalue weighted by atomic mass is 16.1. The minimum absolute atomic E-state index is 0.0969. The van der Waals surface area contributed by atoms with Crippen LogP contribution < -0.4 is 0 Å². The number of benzene rings is 2. The first-order valence-electron chi connectivity index (χ1n) is 16.7. The van der Waals surface area contributed by atoms with Crippen LogP contribution in [0.2, 0.25) is 0 Å². The Bertz CT molecular complexity index is 2500. The molecule has 0 atom stereocenters. The second kappa shape index (κ2) is 13.9. The van der Waals surface area contributed by atoms with Crippen molar-refractivity contribution in [3.05, 3.63) is 132 Å². The van der Waals surface area contributed by atoms with Crippen LogP contribution in [0.15, 0.2) is 85.5 Å². The highest BCUT2D eigenvalue weighted by Gasteiger charge is 2.20. The number of imidazole rings is 2. The number of nitrogens with zero attached hydrogens (tertiary/aromatic N) is 12. The fraction of sp³-hybridized carbons (Fsp3) is 0.211. The smallest absolute Gasteiger partial charge is 0.218 e. The lowest BCUT2D eigenvalue weighted by atomic mass is 10.2. The third-order valence-corrected chi connectivity index (χ3v) is 8.59. The number of fused-ring (bicyclic) bond motifs is 2. The van der Waals surface area contributed by atoms with Gasteiger partial charge < -0.3 is 9.13 Å². The van der Waals surface area contributed by atoms with E-state index in [1.165, 1.54) is 0 Å². The number of rotatable bonds is 8. The maximum absolute atomic E-state index is 12.7. The number of carbonyl (C=O) groups excluding carboxylic acids is 2. The van der Waals surface area contributed by atoms with Crippen molar-refractivity contribution in [2.24, 2.45) is 14.1 Å². The molecule has 0 bridgehead atoms. The molecule has 0 saturated heterocycles. The lowest BCUT2D eigenvalue weighted by molar-refractivity contribution is 0.0971. The van der Waals surface area contributed by atoms with Crippen LogP contribution in [0.25, 0.3) is 33.8 Å². The monoisotopic (exact) mass is 692 g/mol. The first-order chi connectivity index (χ1) is 25.0. The van der Waals surface area contributed by atoms with Crippen molar-refractivity contribution in [1.29, 1.82) is 0 Å². The molecule has 6 aromatic heterocycles. The quantitative estimate of drug-likeness (QED) is 0.196. The van der Waals surface area contributed by atoms with Crippen molar-refractivity contribution in [3.8, 4) is 22.5 Å². The molecule has 0 amide bonds. The molecule has 0 saturated carbocycles. The van der Waals surface area contributed by atoms with Gasteiger partial charge in [-0.05, 0) is 27.7 Å². The molecule has 0 fully saturated rings. The molecule has 0 spiro atoms. The summed E-state index contributed by atoms with van der Waals surface area (Å²) in [5.41, 5.74) is 8.13. The molecular weight excluding hydrogens is 656 g/mol. The molecule has 8 aromatic rings. The Labute approximate surface area is 298 Å². The minimum atomic E-state index is -0.166. The summed E-state index contributed by atoms with van der Waals surface area (Å²) in [5, 5.41) is 8.78. The van der Waals surface area contributed by atoms with Crippen molar-refractivity contribution in [1.82, 2.24) is 58.3 Å². The van der Waals surface area contributed by atoms with Gasteiger partial charge in [-0.1, -0.05) is 60.7 Å². The molecule has 52 heavy (non-hydrogen) atoms. The highest BCUT2D eigenvalue weighted by Crippen LogP contribution is 2.20. The fourth-order valence-corrected chi connectivity index (χ4v) is 5.76. The van der Waals surface area contributed by atoms with E-state index in [0.29, 0.717) is 28.8 Å². The van der Waals surface area contributed by atoms with Gasteiger partial charge in [0.05, 0.1) is 47.0 Å². The normalized spacial score (nSPS) is 11.2. The summed E-state index contributed by atoms with van der Waals surface area (Å²) >= 11 is 0. The number of aromatic nitrogens is 12. The molecule has 260 valence electrons. The van der Waals surface area contributed by atoms with E-state index in [1.807, 2.05) is 119 Å². The summed E-state index contributed by atoms with van der Waals surface area (Å²) in [6.45, 7) is 7.51. The molecule has 6 heterocycles. The van der Waals surface area contributed by atoms with E-state index >= 15 is 0 Å². The number of aryl methyl sites for hydroxylation is 6. The Morgan fingerprint density at radius 1 is 0.596 bits per heavy atom. The maximum atomic E-state index is 12.7. The largest absolute Gasteiger partial charge is 0.337 e. The molecule has 0 aliphatic rings. The predicted molar refractivity (Wildman–Crippen MR) is 194 cm³/mol. The summed E-state index contributed by atoms with van der Waals surface area (Å²) < 4.78 is 6.99. The second-order valence-electron chi connectivity index (χ2n) is 12.6. The van der Waals surface area contributed by atoms with E-state index in [2.05, 4.69) is 40.1 Å². The van der Waals surface area contributed by atoms with Gasteiger partial charge >= 0.3 is 0 Å². The van der Waals surface area contributed by atoms with Gasteiger partial charge in [-0.2, -0.15) is 5.10 Å². The molecule has 8 rings (SSSR count). The first kappa shape index (κ1) is 33.8. The van der Waals surface area contributed by atoms with Gasteiger partial charge in [0.2, 0.25) is 17.4 Å². The van der Waals surface area contributed by atoms with Crippen molar-refractivity contribution in [3.63, 3.8) is 0 Å². The number of carbonyl (C=O) groups is 2. The summed E-state index contributed by atoms with van der Waals surface area (Å²) in [6, 6.07) is 19.7. The molecule has 0 aliphatic carbocycles. The summed E-state index contributed by atoms with van der Waals surface area (Å²) in [7, 11) is 3.71. The van der Waals surface area contributed by atoms with E-state index in [4.69, 9.17) is 0 Å². The molecule has 2 aromatic carbocycles. The zero-order chi connectivity index (χ0) is 36.5. The van der Waals surface area contributed by atoms with Crippen LogP contribution >= 0.6 is 0 Å². The average Bonchev–Trinajstić information content (AvgIpc) is 3.95. The molecule has 0 N–H and O–H groups in total. The molecule has 14 nitrogen and oxygen atoms in total. The van der Waals surface area contributed by atoms with Crippen molar-refractivity contribution < 1.29 is 9.59 Å². The maximum Gasteiger partial charge on any atom is 0.218 e. The lowest BCUT2D eigenvalue weighted by Crippen LogP contribution is -2.11. The van der Waals surface area contributed by atoms with Gasteiger partial charge in [-0.3, -0.25) is 19.6 Å². The number of hydrogen-bond acceptors (Lipinski definition) is 10. The molecule has 0 aliphatic heterocycles. The topological polar surface area (TPSA) is 156 Å². The van der Waals surface area contributed by atoms with E-state index in [1.54, 1.807) is 26.0 Å². The lowest BCUT2D eigenvalue weighted by Gasteiger charge is -1.98. The van der Waals surface area contributed by atoms with Gasteiger partial charge in [0.25, 0.3) is 0 Å². The Morgan fingerprint density at radius 3 is 1.71 bits per heavy atom. The summed E-state index contributed by atoms with van der Waals surface area (Å²) in [5.74, 6) is 1.45. The standard InChI is InChI=1S/2C19H18N6O/c1-12-10-20-13(2)19-22-18(23-25(12)19)16(26)9-17-21-15(11-24(17)3)14-7-5-4-6-8-14;1-12-10-20-13(2)18-22-17(23-25(12)18)9-16(26)19-21-15(11-24(19)3)14-7-5-4-6-8-14/h2*4-8,10-11H,9H2,1-3H3. The summed E-state index contributed by atoms with van der Waals surface area (Å²) in [4.78, 5) is 51.9. The van der Waals surface area contributed by atoms with Gasteiger partial charge in [-0.25, -0.2) is 29.0 Å². The van der Waals surface area contributed by atoms with E-state index in [0.717, 1.165) is 45.3 Å². The van der Waals surface area contributed by atoms with E-state index < -0.39 is 0 Å². The predicted octanol–water partition coefficient (Wildman–Crippen LogP) is 5.13. The van der Waals surface area contributed by atoms with Gasteiger partial charge in [0, 0.05) is 50.0 Å². The van der Waals surface area contributed by atoms with Crippen molar-refractivity contribution in [2.45, 2.75) is 40.5 Å². The average molecular weight is 693 g/mol. The van der Waals surface area contributed by atoms with Crippen LogP contribution in [0.1, 0.15) is 55.7 Å². The minimum Gasteiger partial charge on any atom is -0.337 e. The van der Waals surface area contributed by atoms with Crippen molar-refractivity contribution >= 4 is 22.9 Å². The highest BCUT2D eigenvalue weighted by molar-refractivity contribution is 5.95. The third kappa shape index (κ3) is 6.73. The van der Waals surface area contributed by atoms with Gasteiger partial charge in [-0.15, -0.1) is 5.10 Å². The molecular formula is C38H36N12O2. The zero-order valence-corrected chi connectivity index (χ0v) is 29.7. The Morgan fingerprint density at radius 2 is 1.13 bits per heavy atom. The molecule has 0 unspecified atom stereocenters. The van der Waals surface area contributed by atoms with Gasteiger partial charge in [0.1, 0.15) is 5.82 Å². The Hall–Kier alpha value is -6.70. The SMILES string of the molecule is Cc1ncc(C)n2nc(C(=O)Cc3nc(-c4ccccc4)cn3C)nc12.Cc1ncc(C)n2nc(CC(=O)c3nc(-c4ccccc4)cn3C)nc12. The van der Waals surface area contributed by atoms with Crippen LogP contribution in [0.3, 0.4) is 0 Å². The van der Waals surface area contributed by atoms with E-state index in [-0.39, 0.29) is 30.2 Å². The van der Waals surface area contributed by atoms with E-state index in [9.17, 15) is 9.59 Å². The zero-order valence-electron chi connectivity index (χ0n) is 29.7. The number of ketones is 2. The second-order valence-corrected chi connectivity index (χ2v) is 12.6. The van der Waals surface area contributed by atoms with Crippen LogP contribution in [0.4, 0.5) is 0 Å². The van der Waals surface area contributed by atoms with Crippen LogP contribution in [0.5, 0.6) is 0 Å². The Kier molecular flexibility index (Phi) is 9.03. The van der Waals surface area contributed by atoms with Crippen LogP contribution in [0, 0.1) is 27.7 Å². The summed E-state index contributed by atoms with van der Waals surface area (Å²) in [6.07, 6.45) is 7.49. The van der Waals surface area contributed by atoms with Gasteiger partial charge in [0.15, 0.2) is 22.9 Å². The number of Topliss-reactive ketones (excluding diaryl/α,β-unsaturated/α-hetero) is 2. The third-order valence-electron chi connectivity index (χ3n) is 8.59. The fourth-order valence-electron chi connectivity index (χ4n) is 5.76. The first-order valence-corrected chi connectivity index (χ1v) is 16.7. The number of hydrogen-bond donors (Lipinski definition) is 0. The molecule has 0 radical (unpaired) electrons. The Balaban J connectivity index is 0.000000162.